The third kappa shape index (κ3) is 3.19. The van der Waals surface area contributed by atoms with Crippen LogP contribution in [0.1, 0.15) is 31.5 Å². The van der Waals surface area contributed by atoms with Crippen molar-refractivity contribution in [2.45, 2.75) is 42.5 Å². The number of nitrogens with two attached hydrogens (primary N) is 1. The Balaban J connectivity index is 1.78. The van der Waals surface area contributed by atoms with Gasteiger partial charge in [0, 0.05) is 12.3 Å². The smallest absolute Gasteiger partial charge is 0.170 e. The van der Waals surface area contributed by atoms with Crippen molar-refractivity contribution in [2.75, 3.05) is 12.3 Å². The highest BCUT2D eigenvalue weighted by Gasteiger charge is 2.39. The highest BCUT2D eigenvalue weighted by Crippen LogP contribution is 2.38. The summed E-state index contributed by atoms with van der Waals surface area (Å²) in [5.41, 5.74) is 5.05. The summed E-state index contributed by atoms with van der Waals surface area (Å²) in [5.74, 6) is 2.19. The van der Waals surface area contributed by atoms with Crippen LogP contribution in [0.15, 0.2) is 4.34 Å². The fourth-order valence-corrected chi connectivity index (χ4v) is 4.20. The minimum absolute atomic E-state index is 0.356. The maximum atomic E-state index is 10.3. The number of hydrogen-bond acceptors (Lipinski definition) is 6. The van der Waals surface area contributed by atoms with E-state index >= 15 is 0 Å². The minimum Gasteiger partial charge on any atom is -0.388 e. The second-order valence-corrected chi connectivity index (χ2v) is 6.74. The van der Waals surface area contributed by atoms with Gasteiger partial charge in [-0.2, -0.15) is 4.37 Å². The van der Waals surface area contributed by atoms with Crippen molar-refractivity contribution in [3.05, 3.63) is 5.82 Å². The van der Waals surface area contributed by atoms with Gasteiger partial charge in [0.2, 0.25) is 0 Å². The van der Waals surface area contributed by atoms with Crippen molar-refractivity contribution in [3.63, 3.8) is 0 Å². The number of rotatable bonds is 5. The first-order valence-electron chi connectivity index (χ1n) is 5.99. The van der Waals surface area contributed by atoms with Crippen LogP contribution in [-0.4, -0.2) is 32.4 Å². The molecule has 0 aliphatic heterocycles. The molecule has 1 aromatic rings. The number of nitrogens with zero attached hydrogens (tertiary/aromatic N) is 2. The normalized spacial score (nSPS) is 28.8. The van der Waals surface area contributed by atoms with E-state index in [1.54, 1.807) is 11.8 Å². The first kappa shape index (κ1) is 13.3. The number of aryl methyl sites for hydroxylation is 1. The highest BCUT2D eigenvalue weighted by molar-refractivity contribution is 8.00. The molecule has 0 bridgehead atoms. The molecule has 1 saturated carbocycles. The monoisotopic (exact) mass is 273 g/mol. The number of aliphatic hydroxyl groups is 1. The Morgan fingerprint density at radius 2 is 2.47 bits per heavy atom. The third-order valence-corrected chi connectivity index (χ3v) is 5.43. The van der Waals surface area contributed by atoms with Gasteiger partial charge in [-0.25, -0.2) is 4.98 Å². The third-order valence-electron chi connectivity index (χ3n) is 3.48. The lowest BCUT2D eigenvalue weighted by molar-refractivity contribution is 0.0104. The molecule has 2 rings (SSSR count). The lowest BCUT2D eigenvalue weighted by atomic mass is 9.89. The molecule has 96 valence electrons. The van der Waals surface area contributed by atoms with Crippen LogP contribution in [-0.2, 0) is 0 Å². The van der Waals surface area contributed by atoms with Crippen LogP contribution in [0.25, 0.3) is 0 Å². The van der Waals surface area contributed by atoms with Gasteiger partial charge in [0.1, 0.15) is 5.82 Å². The predicted molar refractivity (Wildman–Crippen MR) is 71.3 cm³/mol. The molecule has 0 radical (unpaired) electrons. The highest BCUT2D eigenvalue weighted by atomic mass is 32.2. The fraction of sp³-hybridized carbons (Fsp3) is 0.818. The summed E-state index contributed by atoms with van der Waals surface area (Å²) in [6.07, 6.45) is 4.07. The fourth-order valence-electron chi connectivity index (χ4n) is 2.43. The van der Waals surface area contributed by atoms with Gasteiger partial charge in [-0.15, -0.1) is 0 Å². The Bertz CT molecular complexity index is 371. The zero-order valence-electron chi connectivity index (χ0n) is 10.1. The van der Waals surface area contributed by atoms with Crippen LogP contribution >= 0.6 is 23.3 Å². The average Bonchev–Trinajstić information content (AvgIpc) is 2.87. The van der Waals surface area contributed by atoms with E-state index in [1.807, 2.05) is 6.92 Å². The van der Waals surface area contributed by atoms with E-state index < -0.39 is 5.60 Å². The van der Waals surface area contributed by atoms with Crippen LogP contribution in [0.4, 0.5) is 0 Å². The molecule has 4 nitrogen and oxygen atoms in total. The molecule has 1 aliphatic carbocycles. The van der Waals surface area contributed by atoms with Gasteiger partial charge in [-0.05, 0) is 43.6 Å². The first-order chi connectivity index (χ1) is 8.14. The summed E-state index contributed by atoms with van der Waals surface area (Å²) < 4.78 is 5.18. The molecule has 1 fully saturated rings. The predicted octanol–water partition coefficient (Wildman–Crippen LogP) is 1.82. The molecular formula is C11H19N3OS2. The number of hydrogen-bond donors (Lipinski definition) is 2. The van der Waals surface area contributed by atoms with Gasteiger partial charge in [-0.1, -0.05) is 18.2 Å². The average molecular weight is 273 g/mol. The Hall–Kier alpha value is -0.170. The van der Waals surface area contributed by atoms with Crippen molar-refractivity contribution in [1.82, 2.24) is 9.36 Å². The van der Waals surface area contributed by atoms with E-state index in [4.69, 9.17) is 5.73 Å². The molecule has 0 spiro atoms. The molecule has 1 heterocycles. The molecule has 6 heteroatoms. The maximum Gasteiger partial charge on any atom is 0.170 e. The van der Waals surface area contributed by atoms with Gasteiger partial charge in [-0.3, -0.25) is 0 Å². The zero-order valence-corrected chi connectivity index (χ0v) is 11.7. The second kappa shape index (κ2) is 5.65. The molecule has 1 aromatic heterocycles. The van der Waals surface area contributed by atoms with Crippen molar-refractivity contribution < 1.29 is 5.11 Å². The van der Waals surface area contributed by atoms with E-state index in [-0.39, 0.29) is 0 Å². The number of thioether (sulfide) groups is 1. The van der Waals surface area contributed by atoms with Gasteiger partial charge in [0.05, 0.1) is 5.60 Å². The molecule has 3 N–H and O–H groups in total. The number of aromatic nitrogens is 2. The van der Waals surface area contributed by atoms with Crippen LogP contribution < -0.4 is 5.73 Å². The van der Waals surface area contributed by atoms with E-state index in [0.29, 0.717) is 12.5 Å². The largest absolute Gasteiger partial charge is 0.388 e. The van der Waals surface area contributed by atoms with Crippen molar-refractivity contribution >= 4 is 23.3 Å². The first-order valence-corrected chi connectivity index (χ1v) is 7.75. The van der Waals surface area contributed by atoms with Crippen LogP contribution in [0.5, 0.6) is 0 Å². The Kier molecular flexibility index (Phi) is 4.41. The van der Waals surface area contributed by atoms with Gasteiger partial charge in [0.15, 0.2) is 4.34 Å². The summed E-state index contributed by atoms with van der Waals surface area (Å²) >= 11 is 3.18. The van der Waals surface area contributed by atoms with E-state index in [9.17, 15) is 5.11 Å². The SMILES string of the molecule is Cc1nsc(SCCC2CCCC2(O)CN)n1. The van der Waals surface area contributed by atoms with Crippen LogP contribution in [0, 0.1) is 12.8 Å². The zero-order chi connectivity index (χ0) is 12.3. The summed E-state index contributed by atoms with van der Waals surface area (Å²) in [4.78, 5) is 4.31. The van der Waals surface area contributed by atoms with Crippen molar-refractivity contribution in [3.8, 4) is 0 Å². The van der Waals surface area contributed by atoms with Crippen LogP contribution in [0.2, 0.25) is 0 Å². The molecule has 2 atom stereocenters. The Labute approximate surface area is 110 Å². The second-order valence-electron chi connectivity index (χ2n) is 4.64. The molecule has 1 aliphatic rings. The van der Waals surface area contributed by atoms with Gasteiger partial charge in [0.25, 0.3) is 0 Å². The molecule has 0 saturated heterocycles. The minimum atomic E-state index is -0.613. The van der Waals surface area contributed by atoms with E-state index in [1.165, 1.54) is 11.5 Å². The lowest BCUT2D eigenvalue weighted by Gasteiger charge is -2.28. The standard InChI is InChI=1S/C11H19N3OS2/c1-8-13-10(17-14-8)16-6-4-9-3-2-5-11(9,15)7-12/h9,15H,2-7,12H2,1H3. The molecule has 0 aromatic carbocycles. The van der Waals surface area contributed by atoms with Crippen LogP contribution in [0.3, 0.4) is 0 Å². The molecule has 2 unspecified atom stereocenters. The quantitative estimate of drug-likeness (QED) is 0.801. The summed E-state index contributed by atoms with van der Waals surface area (Å²) in [6.45, 7) is 2.30. The van der Waals surface area contributed by atoms with Crippen molar-refractivity contribution in [2.24, 2.45) is 11.7 Å². The molecular weight excluding hydrogens is 254 g/mol. The maximum absolute atomic E-state index is 10.3. The lowest BCUT2D eigenvalue weighted by Crippen LogP contribution is -2.41. The van der Waals surface area contributed by atoms with E-state index in [0.717, 1.165) is 41.6 Å². The van der Waals surface area contributed by atoms with Crippen molar-refractivity contribution in [1.29, 1.82) is 0 Å². The summed E-state index contributed by atoms with van der Waals surface area (Å²) in [5, 5.41) is 10.3. The topological polar surface area (TPSA) is 72.0 Å². The summed E-state index contributed by atoms with van der Waals surface area (Å²) in [6, 6.07) is 0. The summed E-state index contributed by atoms with van der Waals surface area (Å²) in [7, 11) is 0. The Morgan fingerprint density at radius 1 is 1.65 bits per heavy atom. The van der Waals surface area contributed by atoms with Gasteiger partial charge >= 0.3 is 0 Å². The molecule has 17 heavy (non-hydrogen) atoms. The van der Waals surface area contributed by atoms with Gasteiger partial charge < -0.3 is 10.8 Å². The van der Waals surface area contributed by atoms with E-state index in [2.05, 4.69) is 9.36 Å². The molecule has 0 amide bonds. The Morgan fingerprint density at radius 3 is 3.12 bits per heavy atom.